The highest BCUT2D eigenvalue weighted by atomic mass is 16.5. The molecule has 35 heavy (non-hydrogen) atoms. The van der Waals surface area contributed by atoms with Gasteiger partial charge in [0.15, 0.2) is 0 Å². The third-order valence-electron chi connectivity index (χ3n) is 6.37. The number of para-hydroxylation sites is 2. The van der Waals surface area contributed by atoms with Gasteiger partial charge in [-0.3, -0.25) is 9.69 Å². The average Bonchev–Trinajstić information content (AvgIpc) is 2.85. The van der Waals surface area contributed by atoms with E-state index in [2.05, 4.69) is 36.4 Å². The highest BCUT2D eigenvalue weighted by Crippen LogP contribution is 2.27. The molecule has 0 saturated carbocycles. The van der Waals surface area contributed by atoms with Crippen LogP contribution in [0.1, 0.15) is 24.2 Å². The van der Waals surface area contributed by atoms with Crippen LogP contribution in [0.15, 0.2) is 42.5 Å². The Morgan fingerprint density at radius 1 is 1.06 bits per heavy atom. The molecule has 3 rings (SSSR count). The molecule has 9 nitrogen and oxygen atoms in total. The van der Waals surface area contributed by atoms with Crippen LogP contribution < -0.4 is 20.1 Å². The smallest absolute Gasteiger partial charge is 0.323 e. The molecular formula is C26H36N4O5. The summed E-state index contributed by atoms with van der Waals surface area (Å²) in [5, 5.41) is 5.56. The van der Waals surface area contributed by atoms with E-state index in [1.165, 1.54) is 7.11 Å². The van der Waals surface area contributed by atoms with Crippen molar-refractivity contribution in [3.63, 3.8) is 0 Å². The Balaban J connectivity index is 1.85. The normalized spacial score (nSPS) is 21.7. The molecule has 1 aliphatic heterocycles. The lowest BCUT2D eigenvalue weighted by molar-refractivity contribution is 0.0150. The molecular weight excluding hydrogens is 448 g/mol. The van der Waals surface area contributed by atoms with Gasteiger partial charge in [-0.2, -0.15) is 0 Å². The van der Waals surface area contributed by atoms with E-state index in [9.17, 15) is 9.59 Å². The number of amides is 3. The molecule has 1 aliphatic rings. The van der Waals surface area contributed by atoms with E-state index in [0.29, 0.717) is 41.6 Å². The first-order valence-corrected chi connectivity index (χ1v) is 11.7. The van der Waals surface area contributed by atoms with Crippen LogP contribution >= 0.6 is 0 Å². The highest BCUT2D eigenvalue weighted by molar-refractivity contribution is 6.03. The first kappa shape index (κ1) is 26.3. The fourth-order valence-corrected chi connectivity index (χ4v) is 4.07. The molecule has 2 aromatic rings. The van der Waals surface area contributed by atoms with Gasteiger partial charge in [0.2, 0.25) is 0 Å². The average molecular weight is 485 g/mol. The lowest BCUT2D eigenvalue weighted by Gasteiger charge is -2.34. The molecule has 0 spiro atoms. The molecule has 0 fully saturated rings. The van der Waals surface area contributed by atoms with Gasteiger partial charge in [0.1, 0.15) is 18.1 Å². The molecule has 2 N–H and O–H groups in total. The molecule has 2 aromatic carbocycles. The van der Waals surface area contributed by atoms with Crippen molar-refractivity contribution in [2.24, 2.45) is 5.92 Å². The van der Waals surface area contributed by atoms with Crippen LogP contribution in [0.25, 0.3) is 0 Å². The Morgan fingerprint density at radius 2 is 1.80 bits per heavy atom. The molecule has 1 heterocycles. The maximum atomic E-state index is 13.4. The van der Waals surface area contributed by atoms with Crippen molar-refractivity contribution in [2.45, 2.75) is 26.0 Å². The van der Waals surface area contributed by atoms with Crippen LogP contribution in [0.4, 0.5) is 16.2 Å². The second-order valence-corrected chi connectivity index (χ2v) is 9.03. The van der Waals surface area contributed by atoms with Crippen LogP contribution in [0.2, 0.25) is 0 Å². The van der Waals surface area contributed by atoms with Crippen molar-refractivity contribution < 1.29 is 23.8 Å². The predicted octanol–water partition coefficient (Wildman–Crippen LogP) is 3.78. The van der Waals surface area contributed by atoms with Gasteiger partial charge in [-0.05, 0) is 50.2 Å². The first-order chi connectivity index (χ1) is 16.7. The number of nitrogens with zero attached hydrogens (tertiary/aromatic N) is 2. The quantitative estimate of drug-likeness (QED) is 0.686. The van der Waals surface area contributed by atoms with Crippen LogP contribution in [0.3, 0.4) is 0 Å². The van der Waals surface area contributed by atoms with Crippen molar-refractivity contribution in [2.75, 3.05) is 58.6 Å². The fraction of sp³-hybridized carbons (Fsp3) is 0.462. The maximum absolute atomic E-state index is 13.4. The molecule has 3 atom stereocenters. The fourth-order valence-electron chi connectivity index (χ4n) is 4.07. The van der Waals surface area contributed by atoms with Crippen LogP contribution in [-0.2, 0) is 4.74 Å². The minimum absolute atomic E-state index is 0.115. The van der Waals surface area contributed by atoms with Gasteiger partial charge in [-0.15, -0.1) is 0 Å². The Morgan fingerprint density at radius 3 is 2.51 bits per heavy atom. The van der Waals surface area contributed by atoms with Gasteiger partial charge in [-0.25, -0.2) is 4.79 Å². The molecule has 0 saturated heterocycles. The van der Waals surface area contributed by atoms with Crippen molar-refractivity contribution in [1.82, 2.24) is 9.80 Å². The molecule has 9 heteroatoms. The predicted molar refractivity (Wildman–Crippen MR) is 137 cm³/mol. The largest absolute Gasteiger partial charge is 0.495 e. The maximum Gasteiger partial charge on any atom is 0.323 e. The molecule has 0 bridgehead atoms. The lowest BCUT2D eigenvalue weighted by Crippen LogP contribution is -2.45. The molecule has 0 aromatic heterocycles. The van der Waals surface area contributed by atoms with Crippen LogP contribution in [0, 0.1) is 5.92 Å². The first-order valence-electron chi connectivity index (χ1n) is 11.7. The number of carbonyl (C=O) groups excluding carboxylic acids is 2. The zero-order valence-corrected chi connectivity index (χ0v) is 21.3. The lowest BCUT2D eigenvalue weighted by atomic mass is 10.0. The Labute approximate surface area is 207 Å². The Hall–Kier alpha value is -3.30. The van der Waals surface area contributed by atoms with Gasteiger partial charge < -0.3 is 29.7 Å². The number of nitrogens with one attached hydrogen (secondary N) is 2. The van der Waals surface area contributed by atoms with E-state index in [0.717, 1.165) is 6.54 Å². The minimum atomic E-state index is -0.451. The number of urea groups is 1. The number of rotatable bonds is 4. The van der Waals surface area contributed by atoms with Gasteiger partial charge in [-0.1, -0.05) is 19.1 Å². The van der Waals surface area contributed by atoms with E-state index < -0.39 is 6.03 Å². The molecule has 0 radical (unpaired) electrons. The number of methoxy groups -OCH3 is 2. The van der Waals surface area contributed by atoms with Crippen LogP contribution in [-0.4, -0.2) is 81.9 Å². The number of likely N-dealkylation sites (N-methyl/N-ethyl adjacent to an activating group) is 2. The van der Waals surface area contributed by atoms with Gasteiger partial charge in [0, 0.05) is 39.0 Å². The number of ether oxygens (including phenoxy) is 3. The summed E-state index contributed by atoms with van der Waals surface area (Å²) >= 11 is 0. The van der Waals surface area contributed by atoms with Gasteiger partial charge in [0.05, 0.1) is 24.5 Å². The SMILES string of the molecule is COc1ccccc1NC(=O)Nc1ccc2c(c1)C(=O)N(C)C[C@H](OC)[C@@H](C)CN(C)[C@H](C)CO2. The van der Waals surface area contributed by atoms with Crippen molar-refractivity contribution in [3.8, 4) is 11.5 Å². The topological polar surface area (TPSA) is 92.4 Å². The summed E-state index contributed by atoms with van der Waals surface area (Å²) in [6.07, 6.45) is -0.115. The molecule has 3 amide bonds. The summed E-state index contributed by atoms with van der Waals surface area (Å²) in [5.41, 5.74) is 1.38. The van der Waals surface area contributed by atoms with E-state index in [4.69, 9.17) is 14.2 Å². The summed E-state index contributed by atoms with van der Waals surface area (Å²) in [7, 11) is 7.02. The molecule has 0 unspecified atom stereocenters. The number of anilines is 2. The van der Waals surface area contributed by atoms with Gasteiger partial charge in [0.25, 0.3) is 5.91 Å². The number of hydrogen-bond donors (Lipinski definition) is 2. The summed E-state index contributed by atoms with van der Waals surface area (Å²) in [5.74, 6) is 1.03. The monoisotopic (exact) mass is 484 g/mol. The zero-order valence-electron chi connectivity index (χ0n) is 21.3. The van der Waals surface area contributed by atoms with E-state index in [-0.39, 0.29) is 24.0 Å². The van der Waals surface area contributed by atoms with Crippen molar-refractivity contribution >= 4 is 23.3 Å². The number of benzene rings is 2. The summed E-state index contributed by atoms with van der Waals surface area (Å²) < 4.78 is 17.1. The highest BCUT2D eigenvalue weighted by Gasteiger charge is 2.27. The minimum Gasteiger partial charge on any atom is -0.495 e. The Kier molecular flexibility index (Phi) is 8.95. The van der Waals surface area contributed by atoms with Crippen molar-refractivity contribution in [3.05, 3.63) is 48.0 Å². The van der Waals surface area contributed by atoms with Gasteiger partial charge >= 0.3 is 6.03 Å². The van der Waals surface area contributed by atoms with E-state index >= 15 is 0 Å². The number of hydrogen-bond acceptors (Lipinski definition) is 6. The van der Waals surface area contributed by atoms with E-state index in [1.54, 1.807) is 55.5 Å². The number of carbonyl (C=O) groups is 2. The third kappa shape index (κ3) is 6.64. The second kappa shape index (κ2) is 11.9. The van der Waals surface area contributed by atoms with Crippen LogP contribution in [0.5, 0.6) is 11.5 Å². The van der Waals surface area contributed by atoms with E-state index in [1.807, 2.05) is 6.07 Å². The zero-order chi connectivity index (χ0) is 25.5. The molecule has 190 valence electrons. The summed E-state index contributed by atoms with van der Waals surface area (Å²) in [6.45, 7) is 5.89. The standard InChI is InChI=1S/C26H36N4O5/c1-17-14-29(3)18(2)16-35-22-12-11-19(13-20(22)25(31)30(4)15-24(17)34-6)27-26(32)28-21-9-7-8-10-23(21)33-5/h7-13,17-18,24H,14-16H2,1-6H3,(H2,27,28,32)/t17-,18+,24-/m0/s1. The van der Waals surface area contributed by atoms with Crippen molar-refractivity contribution in [1.29, 1.82) is 0 Å². The Bertz CT molecular complexity index is 1030. The third-order valence-corrected chi connectivity index (χ3v) is 6.37. The molecule has 0 aliphatic carbocycles. The number of fused-ring (bicyclic) bond motifs is 1. The summed E-state index contributed by atoms with van der Waals surface area (Å²) in [4.78, 5) is 29.9. The summed E-state index contributed by atoms with van der Waals surface area (Å²) in [6, 6.07) is 11.9. The second-order valence-electron chi connectivity index (χ2n) is 9.03.